The van der Waals surface area contributed by atoms with Gasteiger partial charge in [-0.2, -0.15) is 20.1 Å². The number of fused-ring (bicyclic) bond motifs is 1. The van der Waals surface area contributed by atoms with Gasteiger partial charge in [-0.3, -0.25) is 4.79 Å². The van der Waals surface area contributed by atoms with Crippen LogP contribution in [-0.4, -0.2) is 27.1 Å². The third-order valence-corrected chi connectivity index (χ3v) is 3.31. The summed E-state index contributed by atoms with van der Waals surface area (Å²) in [5, 5.41) is 12.3. The summed E-state index contributed by atoms with van der Waals surface area (Å²) >= 11 is 0. The van der Waals surface area contributed by atoms with Crippen molar-refractivity contribution in [1.82, 2.24) is 20.4 Å². The number of amides is 1. The summed E-state index contributed by atoms with van der Waals surface area (Å²) in [6.07, 6.45) is 1.26. The lowest BCUT2D eigenvalue weighted by atomic mass is 10.2. The van der Waals surface area contributed by atoms with E-state index in [4.69, 9.17) is 0 Å². The quantitative estimate of drug-likeness (QED) is 0.593. The fourth-order valence-corrected chi connectivity index (χ4v) is 1.99. The molecule has 0 spiro atoms. The van der Waals surface area contributed by atoms with Gasteiger partial charge in [-0.15, -0.1) is 0 Å². The minimum atomic E-state index is -0.639. The van der Waals surface area contributed by atoms with Crippen molar-refractivity contribution in [1.29, 1.82) is 0 Å². The number of rotatable bonds is 4. The molecule has 1 N–H and O–H groups in total. The molecule has 0 bridgehead atoms. The zero-order valence-corrected chi connectivity index (χ0v) is 12.3. The van der Waals surface area contributed by atoms with E-state index in [1.54, 1.807) is 25.1 Å². The standard InChI is InChI=1S/C16H14FN5O/c1-11(22-20-14-8-4-5-9-15(14)21-22)16(23)19-18-10-12-6-2-3-7-13(12)17/h2-11H,1H3,(H,19,23)/b18-10-/t11-/m1/s1. The van der Waals surface area contributed by atoms with Crippen LogP contribution in [0.5, 0.6) is 0 Å². The van der Waals surface area contributed by atoms with Crippen LogP contribution in [0.25, 0.3) is 11.0 Å². The lowest BCUT2D eigenvalue weighted by Gasteiger charge is -2.07. The Bertz CT molecular complexity index is 841. The van der Waals surface area contributed by atoms with E-state index in [0.29, 0.717) is 16.6 Å². The zero-order chi connectivity index (χ0) is 16.2. The lowest BCUT2D eigenvalue weighted by Crippen LogP contribution is -2.28. The molecule has 116 valence electrons. The molecule has 3 rings (SSSR count). The summed E-state index contributed by atoms with van der Waals surface area (Å²) in [7, 11) is 0. The Morgan fingerprint density at radius 2 is 1.78 bits per heavy atom. The maximum Gasteiger partial charge on any atom is 0.266 e. The van der Waals surface area contributed by atoms with Crippen LogP contribution in [-0.2, 0) is 4.79 Å². The summed E-state index contributed by atoms with van der Waals surface area (Å²) in [6, 6.07) is 12.9. The predicted octanol–water partition coefficient (Wildman–Crippen LogP) is 2.28. The number of benzene rings is 2. The van der Waals surface area contributed by atoms with E-state index < -0.39 is 17.8 Å². The highest BCUT2D eigenvalue weighted by Crippen LogP contribution is 2.11. The first-order valence-corrected chi connectivity index (χ1v) is 7.04. The van der Waals surface area contributed by atoms with Gasteiger partial charge in [-0.1, -0.05) is 30.3 Å². The van der Waals surface area contributed by atoms with Crippen LogP contribution in [0.1, 0.15) is 18.5 Å². The molecule has 0 fully saturated rings. The van der Waals surface area contributed by atoms with E-state index in [1.807, 2.05) is 24.3 Å². The lowest BCUT2D eigenvalue weighted by molar-refractivity contribution is -0.124. The average Bonchev–Trinajstić information content (AvgIpc) is 2.99. The van der Waals surface area contributed by atoms with Gasteiger partial charge in [-0.05, 0) is 25.1 Å². The summed E-state index contributed by atoms with van der Waals surface area (Å²) in [5.41, 5.74) is 4.08. The Balaban J connectivity index is 1.69. The van der Waals surface area contributed by atoms with E-state index >= 15 is 0 Å². The molecule has 3 aromatic rings. The van der Waals surface area contributed by atoms with Crippen molar-refractivity contribution in [3.8, 4) is 0 Å². The number of hydrazone groups is 1. The number of nitrogens with zero attached hydrogens (tertiary/aromatic N) is 4. The van der Waals surface area contributed by atoms with Gasteiger partial charge in [0.1, 0.15) is 22.9 Å². The number of carbonyl (C=O) groups is 1. The molecule has 2 aromatic carbocycles. The molecule has 0 aliphatic carbocycles. The Morgan fingerprint density at radius 3 is 2.43 bits per heavy atom. The SMILES string of the molecule is C[C@H](C(=O)N/N=C\c1ccccc1F)n1nc2ccccc2n1. The molecule has 0 saturated carbocycles. The van der Waals surface area contributed by atoms with Gasteiger partial charge in [0.25, 0.3) is 5.91 Å². The van der Waals surface area contributed by atoms with E-state index in [-0.39, 0.29) is 0 Å². The Kier molecular flexibility index (Phi) is 4.09. The van der Waals surface area contributed by atoms with Gasteiger partial charge < -0.3 is 0 Å². The van der Waals surface area contributed by atoms with Crippen molar-refractivity contribution in [3.63, 3.8) is 0 Å². The van der Waals surface area contributed by atoms with E-state index in [2.05, 4.69) is 20.7 Å². The molecule has 0 aliphatic rings. The molecular weight excluding hydrogens is 297 g/mol. The van der Waals surface area contributed by atoms with Gasteiger partial charge in [0, 0.05) is 5.56 Å². The fourth-order valence-electron chi connectivity index (χ4n) is 1.99. The highest BCUT2D eigenvalue weighted by Gasteiger charge is 2.17. The second-order valence-corrected chi connectivity index (χ2v) is 4.94. The van der Waals surface area contributed by atoms with Crippen molar-refractivity contribution in [2.45, 2.75) is 13.0 Å². The zero-order valence-electron chi connectivity index (χ0n) is 12.3. The second kappa shape index (κ2) is 6.35. The summed E-state index contributed by atoms with van der Waals surface area (Å²) in [5.74, 6) is -0.795. The minimum Gasteiger partial charge on any atom is -0.271 e. The van der Waals surface area contributed by atoms with Crippen LogP contribution in [0.15, 0.2) is 53.6 Å². The smallest absolute Gasteiger partial charge is 0.266 e. The average molecular weight is 311 g/mol. The Labute approximate surface area is 131 Å². The molecule has 23 heavy (non-hydrogen) atoms. The predicted molar refractivity (Wildman–Crippen MR) is 84.4 cm³/mol. The molecule has 0 unspecified atom stereocenters. The van der Waals surface area contributed by atoms with Crippen LogP contribution in [0.3, 0.4) is 0 Å². The number of nitrogens with one attached hydrogen (secondary N) is 1. The van der Waals surface area contributed by atoms with Gasteiger partial charge in [0.2, 0.25) is 0 Å². The van der Waals surface area contributed by atoms with Crippen LogP contribution in [0.4, 0.5) is 4.39 Å². The van der Waals surface area contributed by atoms with Crippen LogP contribution < -0.4 is 5.43 Å². The van der Waals surface area contributed by atoms with Gasteiger partial charge in [0.15, 0.2) is 0 Å². The monoisotopic (exact) mass is 311 g/mol. The first-order valence-electron chi connectivity index (χ1n) is 7.04. The van der Waals surface area contributed by atoms with Gasteiger partial charge >= 0.3 is 0 Å². The Morgan fingerprint density at radius 1 is 1.17 bits per heavy atom. The number of carbonyl (C=O) groups excluding carboxylic acids is 1. The van der Waals surface area contributed by atoms with Crippen molar-refractivity contribution in [2.75, 3.05) is 0 Å². The van der Waals surface area contributed by atoms with Crippen LogP contribution >= 0.6 is 0 Å². The Hall–Kier alpha value is -3.09. The molecule has 7 heteroatoms. The van der Waals surface area contributed by atoms with Crippen molar-refractivity contribution < 1.29 is 9.18 Å². The number of hydrogen-bond acceptors (Lipinski definition) is 4. The van der Waals surface area contributed by atoms with Crippen molar-refractivity contribution in [3.05, 3.63) is 59.9 Å². The maximum absolute atomic E-state index is 13.4. The number of halogens is 1. The summed E-state index contributed by atoms with van der Waals surface area (Å²) < 4.78 is 13.4. The normalized spacial score (nSPS) is 12.6. The maximum atomic E-state index is 13.4. The van der Waals surface area contributed by atoms with Crippen LogP contribution in [0.2, 0.25) is 0 Å². The van der Waals surface area contributed by atoms with Crippen molar-refractivity contribution in [2.24, 2.45) is 5.10 Å². The largest absolute Gasteiger partial charge is 0.271 e. The first-order chi connectivity index (χ1) is 11.1. The molecule has 6 nitrogen and oxygen atoms in total. The molecule has 0 saturated heterocycles. The minimum absolute atomic E-state index is 0.295. The molecule has 0 radical (unpaired) electrons. The number of aromatic nitrogens is 3. The molecule has 1 atom stereocenters. The number of hydrogen-bond donors (Lipinski definition) is 1. The third kappa shape index (κ3) is 3.23. The molecule has 1 amide bonds. The third-order valence-electron chi connectivity index (χ3n) is 3.31. The van der Waals surface area contributed by atoms with Crippen LogP contribution in [0, 0.1) is 5.82 Å². The van der Waals surface area contributed by atoms with Crippen molar-refractivity contribution >= 4 is 23.2 Å². The van der Waals surface area contributed by atoms with E-state index in [1.165, 1.54) is 17.1 Å². The molecular formula is C16H14FN5O. The van der Waals surface area contributed by atoms with E-state index in [0.717, 1.165) is 0 Å². The molecule has 1 aromatic heterocycles. The highest BCUT2D eigenvalue weighted by molar-refractivity contribution is 5.84. The van der Waals surface area contributed by atoms with Gasteiger partial charge in [-0.25, -0.2) is 9.82 Å². The fraction of sp³-hybridized carbons (Fsp3) is 0.125. The molecule has 0 aliphatic heterocycles. The second-order valence-electron chi connectivity index (χ2n) is 4.94. The molecule has 1 heterocycles. The topological polar surface area (TPSA) is 72.2 Å². The van der Waals surface area contributed by atoms with Gasteiger partial charge in [0.05, 0.1) is 6.21 Å². The van der Waals surface area contributed by atoms with E-state index in [9.17, 15) is 9.18 Å². The summed E-state index contributed by atoms with van der Waals surface area (Å²) in [4.78, 5) is 13.4. The summed E-state index contributed by atoms with van der Waals surface area (Å²) in [6.45, 7) is 1.66. The highest BCUT2D eigenvalue weighted by atomic mass is 19.1. The first kappa shape index (κ1) is 14.8.